The number of rotatable bonds is 4. The van der Waals surface area contributed by atoms with E-state index in [1.165, 1.54) is 0 Å². The van der Waals surface area contributed by atoms with Crippen LogP contribution in [0, 0.1) is 0 Å². The van der Waals surface area contributed by atoms with Crippen LogP contribution in [0.25, 0.3) is 0 Å². The molecule has 19 heavy (non-hydrogen) atoms. The Bertz CT molecular complexity index is 542. The molecule has 0 aliphatic rings. The highest BCUT2D eigenvalue weighted by molar-refractivity contribution is 9.10. The summed E-state index contributed by atoms with van der Waals surface area (Å²) in [5, 5.41) is 14.7. The molecule has 0 aliphatic carbocycles. The van der Waals surface area contributed by atoms with Crippen LogP contribution in [-0.4, -0.2) is 29.1 Å². The maximum atomic E-state index is 10.6. The van der Waals surface area contributed by atoms with Gasteiger partial charge in [0.05, 0.1) is 36.1 Å². The third kappa shape index (κ3) is 2.46. The lowest BCUT2D eigenvalue weighted by molar-refractivity contribution is 0.198. The molecule has 0 bridgehead atoms. The number of aromatic nitrogens is 2. The van der Waals surface area contributed by atoms with Crippen LogP contribution in [0.2, 0.25) is 0 Å². The zero-order valence-electron chi connectivity index (χ0n) is 10.9. The predicted molar refractivity (Wildman–Crippen MR) is 74.5 cm³/mol. The molecule has 1 N–H and O–H groups in total. The van der Waals surface area contributed by atoms with Crippen LogP contribution in [0.5, 0.6) is 11.5 Å². The van der Waals surface area contributed by atoms with E-state index in [-0.39, 0.29) is 0 Å². The molecule has 2 rings (SSSR count). The molecule has 0 saturated heterocycles. The Balaban J connectivity index is 2.58. The summed E-state index contributed by atoms with van der Waals surface area (Å²) < 4.78 is 12.9. The highest BCUT2D eigenvalue weighted by atomic mass is 79.9. The average Bonchev–Trinajstić information content (AvgIpc) is 2.76. The second-order valence-electron chi connectivity index (χ2n) is 3.98. The first-order chi connectivity index (χ1) is 9.10. The van der Waals surface area contributed by atoms with Crippen LogP contribution in [0.3, 0.4) is 0 Å². The Kier molecular flexibility index (Phi) is 4.11. The van der Waals surface area contributed by atoms with E-state index in [1.54, 1.807) is 44.3 Å². The first-order valence-electron chi connectivity index (χ1n) is 5.66. The van der Waals surface area contributed by atoms with E-state index < -0.39 is 6.10 Å². The molecular formula is C13H15BrN2O3. The van der Waals surface area contributed by atoms with Gasteiger partial charge in [-0.25, -0.2) is 0 Å². The minimum Gasteiger partial charge on any atom is -0.496 e. The zero-order valence-corrected chi connectivity index (χ0v) is 12.5. The second kappa shape index (κ2) is 5.63. The van der Waals surface area contributed by atoms with E-state index in [0.29, 0.717) is 22.8 Å². The Labute approximate surface area is 119 Å². The van der Waals surface area contributed by atoms with Gasteiger partial charge in [0.1, 0.15) is 17.6 Å². The van der Waals surface area contributed by atoms with E-state index in [1.807, 2.05) is 6.07 Å². The van der Waals surface area contributed by atoms with Gasteiger partial charge < -0.3 is 14.6 Å². The Morgan fingerprint density at radius 2 is 1.84 bits per heavy atom. The maximum absolute atomic E-state index is 10.6. The largest absolute Gasteiger partial charge is 0.496 e. The fourth-order valence-corrected chi connectivity index (χ4v) is 2.58. The summed E-state index contributed by atoms with van der Waals surface area (Å²) in [4.78, 5) is 0. The topological polar surface area (TPSA) is 56.5 Å². The molecule has 102 valence electrons. The molecular weight excluding hydrogens is 312 g/mol. The molecule has 1 aromatic carbocycles. The molecule has 0 radical (unpaired) electrons. The van der Waals surface area contributed by atoms with Gasteiger partial charge in [0.15, 0.2) is 0 Å². The van der Waals surface area contributed by atoms with Gasteiger partial charge >= 0.3 is 0 Å². The number of aliphatic hydroxyl groups is 1. The summed E-state index contributed by atoms with van der Waals surface area (Å²) in [7, 11) is 4.89. The third-order valence-corrected chi connectivity index (χ3v) is 3.55. The van der Waals surface area contributed by atoms with Gasteiger partial charge in [-0.1, -0.05) is 6.07 Å². The van der Waals surface area contributed by atoms with Crippen molar-refractivity contribution >= 4 is 15.9 Å². The number of ether oxygens (including phenoxy) is 2. The summed E-state index contributed by atoms with van der Waals surface area (Å²) >= 11 is 3.38. The minimum atomic E-state index is -0.895. The van der Waals surface area contributed by atoms with E-state index >= 15 is 0 Å². The molecule has 5 nitrogen and oxygen atoms in total. The number of aliphatic hydroxyl groups excluding tert-OH is 1. The van der Waals surface area contributed by atoms with Crippen molar-refractivity contribution in [2.45, 2.75) is 6.10 Å². The molecule has 6 heteroatoms. The zero-order chi connectivity index (χ0) is 14.0. The molecule has 0 amide bonds. The number of nitrogens with zero attached hydrogens (tertiary/aromatic N) is 2. The lowest BCUT2D eigenvalue weighted by Crippen LogP contribution is -2.10. The Hall–Kier alpha value is -1.53. The summed E-state index contributed by atoms with van der Waals surface area (Å²) in [6.45, 7) is 0. The van der Waals surface area contributed by atoms with E-state index in [4.69, 9.17) is 9.47 Å². The highest BCUT2D eigenvalue weighted by Gasteiger charge is 2.25. The van der Waals surface area contributed by atoms with Gasteiger partial charge in [0.25, 0.3) is 0 Å². The van der Waals surface area contributed by atoms with Crippen LogP contribution in [0.4, 0.5) is 0 Å². The smallest absolute Gasteiger partial charge is 0.129 e. The van der Waals surface area contributed by atoms with Crippen LogP contribution in [0.1, 0.15) is 17.4 Å². The van der Waals surface area contributed by atoms with Gasteiger partial charge in [-0.2, -0.15) is 5.10 Å². The average molecular weight is 327 g/mol. The number of halogens is 1. The van der Waals surface area contributed by atoms with Crippen molar-refractivity contribution in [1.82, 2.24) is 9.78 Å². The molecule has 1 heterocycles. The quantitative estimate of drug-likeness (QED) is 0.936. The van der Waals surface area contributed by atoms with Gasteiger partial charge in [-0.15, -0.1) is 0 Å². The van der Waals surface area contributed by atoms with Crippen molar-refractivity contribution in [2.24, 2.45) is 7.05 Å². The van der Waals surface area contributed by atoms with E-state index in [0.717, 1.165) is 4.47 Å². The van der Waals surface area contributed by atoms with Crippen molar-refractivity contribution in [1.29, 1.82) is 0 Å². The number of hydrogen-bond acceptors (Lipinski definition) is 4. The third-order valence-electron chi connectivity index (χ3n) is 2.94. The molecule has 0 spiro atoms. The maximum Gasteiger partial charge on any atom is 0.129 e. The molecule has 0 fully saturated rings. The normalized spacial score (nSPS) is 12.3. The summed E-state index contributed by atoms with van der Waals surface area (Å²) in [5.74, 6) is 1.14. The summed E-state index contributed by atoms with van der Waals surface area (Å²) in [6, 6.07) is 5.38. The molecule has 1 unspecified atom stereocenters. The van der Waals surface area contributed by atoms with Crippen LogP contribution >= 0.6 is 15.9 Å². The SMILES string of the molecule is COc1cccc(OC)c1C(O)c1c(Br)cnn1C. The first-order valence-corrected chi connectivity index (χ1v) is 6.45. The lowest BCUT2D eigenvalue weighted by atomic mass is 10.0. The fourth-order valence-electron chi connectivity index (χ4n) is 2.01. The van der Waals surface area contributed by atoms with Gasteiger partial charge in [0, 0.05) is 7.05 Å². The van der Waals surface area contributed by atoms with Crippen molar-refractivity contribution in [3.05, 3.63) is 40.1 Å². The second-order valence-corrected chi connectivity index (χ2v) is 4.83. The highest BCUT2D eigenvalue weighted by Crippen LogP contribution is 2.38. The molecule has 1 aromatic heterocycles. The number of aryl methyl sites for hydroxylation is 1. The fraction of sp³-hybridized carbons (Fsp3) is 0.308. The first kappa shape index (κ1) is 13.9. The van der Waals surface area contributed by atoms with Crippen molar-refractivity contribution in [2.75, 3.05) is 14.2 Å². The van der Waals surface area contributed by atoms with Crippen molar-refractivity contribution in [3.63, 3.8) is 0 Å². The minimum absolute atomic E-state index is 0.569. The molecule has 0 aliphatic heterocycles. The van der Waals surface area contributed by atoms with Gasteiger partial charge in [-0.3, -0.25) is 4.68 Å². The summed E-state index contributed by atoms with van der Waals surface area (Å²) in [5.41, 5.74) is 1.22. The summed E-state index contributed by atoms with van der Waals surface area (Å²) in [6.07, 6.45) is 0.744. The van der Waals surface area contributed by atoms with Gasteiger partial charge in [0.2, 0.25) is 0 Å². The van der Waals surface area contributed by atoms with Crippen molar-refractivity contribution in [3.8, 4) is 11.5 Å². The van der Waals surface area contributed by atoms with Crippen LogP contribution in [-0.2, 0) is 7.05 Å². The van der Waals surface area contributed by atoms with Gasteiger partial charge in [-0.05, 0) is 28.1 Å². The Morgan fingerprint density at radius 1 is 1.26 bits per heavy atom. The van der Waals surface area contributed by atoms with E-state index in [9.17, 15) is 5.11 Å². The van der Waals surface area contributed by atoms with E-state index in [2.05, 4.69) is 21.0 Å². The number of methoxy groups -OCH3 is 2. The predicted octanol–water partition coefficient (Wildman–Crippen LogP) is 2.28. The monoisotopic (exact) mass is 326 g/mol. The molecule has 1 atom stereocenters. The number of benzene rings is 1. The van der Waals surface area contributed by atoms with Crippen LogP contribution in [0.15, 0.2) is 28.9 Å². The number of hydrogen-bond donors (Lipinski definition) is 1. The van der Waals surface area contributed by atoms with Crippen LogP contribution < -0.4 is 9.47 Å². The molecule has 0 saturated carbocycles. The van der Waals surface area contributed by atoms with Crippen molar-refractivity contribution < 1.29 is 14.6 Å². The standard InChI is InChI=1S/C13H15BrN2O3/c1-16-12(8(14)7-15-16)13(17)11-9(18-2)5-4-6-10(11)19-3/h4-7,13,17H,1-3H3. The Morgan fingerprint density at radius 3 is 2.26 bits per heavy atom. The lowest BCUT2D eigenvalue weighted by Gasteiger charge is -2.18. The molecule has 2 aromatic rings.